The van der Waals surface area contributed by atoms with E-state index in [1.165, 1.54) is 0 Å². The maximum atomic E-state index is 12.4. The summed E-state index contributed by atoms with van der Waals surface area (Å²) in [6, 6.07) is 5.35. The van der Waals surface area contributed by atoms with Gasteiger partial charge in [0.05, 0.1) is 11.7 Å². The average molecular weight is 273 g/mol. The van der Waals surface area contributed by atoms with Crippen molar-refractivity contribution in [1.82, 2.24) is 4.90 Å². The maximum Gasteiger partial charge on any atom is 0.416 e. The molecular weight excluding hydrogens is 255 g/mol. The summed E-state index contributed by atoms with van der Waals surface area (Å²) in [6.07, 6.45) is -1.99. The quantitative estimate of drug-likeness (QED) is 0.911. The number of nitrogens with zero attached hydrogens (tertiary/aromatic N) is 1. The van der Waals surface area contributed by atoms with E-state index in [0.717, 1.165) is 50.0 Å². The second-order valence-electron chi connectivity index (χ2n) is 5.04. The molecule has 0 radical (unpaired) electrons. The third-order valence-corrected chi connectivity index (χ3v) is 3.47. The fourth-order valence-electron chi connectivity index (χ4n) is 2.38. The van der Waals surface area contributed by atoms with E-state index >= 15 is 0 Å². The fourth-order valence-corrected chi connectivity index (χ4v) is 2.38. The summed E-state index contributed by atoms with van der Waals surface area (Å²) >= 11 is 0. The van der Waals surface area contributed by atoms with E-state index < -0.39 is 11.7 Å². The van der Waals surface area contributed by atoms with Gasteiger partial charge in [-0.1, -0.05) is 12.1 Å². The fraction of sp³-hybridized carbons (Fsp3) is 0.571. The zero-order valence-corrected chi connectivity index (χ0v) is 10.7. The second kappa shape index (κ2) is 5.92. The Morgan fingerprint density at radius 1 is 1.21 bits per heavy atom. The van der Waals surface area contributed by atoms with Crippen LogP contribution >= 0.6 is 0 Å². The van der Waals surface area contributed by atoms with Crippen LogP contribution in [-0.4, -0.2) is 35.7 Å². The molecule has 0 spiro atoms. The highest BCUT2D eigenvalue weighted by molar-refractivity contribution is 5.24. The van der Waals surface area contributed by atoms with Gasteiger partial charge in [0.15, 0.2) is 0 Å². The van der Waals surface area contributed by atoms with Crippen LogP contribution in [0.2, 0.25) is 0 Å². The predicted octanol–water partition coefficient (Wildman–Crippen LogP) is 2.70. The molecule has 1 aromatic rings. The summed E-state index contributed by atoms with van der Waals surface area (Å²) < 4.78 is 37.1. The Hall–Kier alpha value is -1.07. The molecule has 0 unspecified atom stereocenters. The van der Waals surface area contributed by atoms with Crippen LogP contribution in [0.15, 0.2) is 24.3 Å². The Balaban J connectivity index is 1.77. The number of aliphatic hydroxyl groups excluding tert-OH is 1. The SMILES string of the molecule is O[C@@H]1CCN(CCCc2ccc(C(F)(F)F)cc2)C1. The molecule has 1 fully saturated rings. The number of β-amino-alcohol motifs (C(OH)–C–C–N with tert-alkyl or cyclic N) is 1. The van der Waals surface area contributed by atoms with Gasteiger partial charge in [0, 0.05) is 13.1 Å². The van der Waals surface area contributed by atoms with E-state index in [1.807, 2.05) is 0 Å². The van der Waals surface area contributed by atoms with E-state index in [2.05, 4.69) is 4.90 Å². The Kier molecular flexibility index (Phi) is 4.47. The molecule has 106 valence electrons. The number of benzene rings is 1. The molecule has 1 saturated heterocycles. The maximum absolute atomic E-state index is 12.4. The minimum Gasteiger partial charge on any atom is -0.392 e. The molecular formula is C14H18F3NO. The molecule has 1 heterocycles. The lowest BCUT2D eigenvalue weighted by atomic mass is 10.1. The van der Waals surface area contributed by atoms with Crippen LogP contribution in [0, 0.1) is 0 Å². The molecule has 1 aromatic carbocycles. The smallest absolute Gasteiger partial charge is 0.392 e. The minimum atomic E-state index is -4.26. The van der Waals surface area contributed by atoms with Gasteiger partial charge in [-0.2, -0.15) is 13.2 Å². The molecule has 1 aliphatic heterocycles. The van der Waals surface area contributed by atoms with Crippen LogP contribution in [0.5, 0.6) is 0 Å². The van der Waals surface area contributed by atoms with Gasteiger partial charge >= 0.3 is 6.18 Å². The Morgan fingerprint density at radius 3 is 2.42 bits per heavy atom. The van der Waals surface area contributed by atoms with Crippen LogP contribution in [0.4, 0.5) is 13.2 Å². The first kappa shape index (κ1) is 14.3. The van der Waals surface area contributed by atoms with E-state index in [9.17, 15) is 18.3 Å². The van der Waals surface area contributed by atoms with Crippen molar-refractivity contribution in [3.63, 3.8) is 0 Å². The highest BCUT2D eigenvalue weighted by Gasteiger charge is 2.29. The molecule has 1 atom stereocenters. The molecule has 2 rings (SSSR count). The van der Waals surface area contributed by atoms with Crippen molar-refractivity contribution in [2.45, 2.75) is 31.5 Å². The number of hydrogen-bond acceptors (Lipinski definition) is 2. The first-order valence-corrected chi connectivity index (χ1v) is 6.52. The first-order chi connectivity index (χ1) is 8.95. The molecule has 0 aliphatic carbocycles. The lowest BCUT2D eigenvalue weighted by molar-refractivity contribution is -0.137. The highest BCUT2D eigenvalue weighted by Crippen LogP contribution is 2.29. The van der Waals surface area contributed by atoms with Crippen LogP contribution in [0.1, 0.15) is 24.0 Å². The summed E-state index contributed by atoms with van der Waals surface area (Å²) in [5, 5.41) is 9.37. The topological polar surface area (TPSA) is 23.5 Å². The average Bonchev–Trinajstić information content (AvgIpc) is 2.75. The van der Waals surface area contributed by atoms with Crippen molar-refractivity contribution in [3.8, 4) is 0 Å². The van der Waals surface area contributed by atoms with E-state index in [4.69, 9.17) is 0 Å². The predicted molar refractivity (Wildman–Crippen MR) is 66.8 cm³/mol. The van der Waals surface area contributed by atoms with Gasteiger partial charge in [0.25, 0.3) is 0 Å². The van der Waals surface area contributed by atoms with Gasteiger partial charge in [-0.3, -0.25) is 0 Å². The zero-order chi connectivity index (χ0) is 13.9. The molecule has 2 nitrogen and oxygen atoms in total. The monoisotopic (exact) mass is 273 g/mol. The lowest BCUT2D eigenvalue weighted by Gasteiger charge is -2.14. The summed E-state index contributed by atoms with van der Waals surface area (Å²) in [4.78, 5) is 2.19. The molecule has 1 aliphatic rings. The molecule has 0 aromatic heterocycles. The highest BCUT2D eigenvalue weighted by atomic mass is 19.4. The summed E-state index contributed by atoms with van der Waals surface area (Å²) in [7, 11) is 0. The number of halogens is 3. The Morgan fingerprint density at radius 2 is 1.89 bits per heavy atom. The van der Waals surface area contributed by atoms with Crippen LogP contribution in [0.3, 0.4) is 0 Å². The number of aryl methyl sites for hydroxylation is 1. The minimum absolute atomic E-state index is 0.217. The van der Waals surface area contributed by atoms with Crippen LogP contribution < -0.4 is 0 Å². The standard InChI is InChI=1S/C14H18F3NO/c15-14(16,17)12-5-3-11(4-6-12)2-1-8-18-9-7-13(19)10-18/h3-6,13,19H,1-2,7-10H2/t13-/m1/s1. The molecule has 0 amide bonds. The molecule has 0 bridgehead atoms. The van der Waals surface area contributed by atoms with Crippen molar-refractivity contribution in [2.24, 2.45) is 0 Å². The van der Waals surface area contributed by atoms with Crippen molar-refractivity contribution >= 4 is 0 Å². The van der Waals surface area contributed by atoms with Crippen molar-refractivity contribution < 1.29 is 18.3 Å². The van der Waals surface area contributed by atoms with Crippen LogP contribution in [0.25, 0.3) is 0 Å². The number of hydrogen-bond donors (Lipinski definition) is 1. The van der Waals surface area contributed by atoms with Gasteiger partial charge in [-0.15, -0.1) is 0 Å². The van der Waals surface area contributed by atoms with Crippen molar-refractivity contribution in [2.75, 3.05) is 19.6 Å². The third-order valence-electron chi connectivity index (χ3n) is 3.47. The number of likely N-dealkylation sites (tertiary alicyclic amines) is 1. The van der Waals surface area contributed by atoms with E-state index in [0.29, 0.717) is 6.54 Å². The lowest BCUT2D eigenvalue weighted by Crippen LogP contribution is -2.23. The normalized spacial score (nSPS) is 20.9. The molecule has 5 heteroatoms. The zero-order valence-electron chi connectivity index (χ0n) is 10.7. The van der Waals surface area contributed by atoms with Crippen LogP contribution in [-0.2, 0) is 12.6 Å². The van der Waals surface area contributed by atoms with Gasteiger partial charge in [0.2, 0.25) is 0 Å². The van der Waals surface area contributed by atoms with E-state index in [1.54, 1.807) is 12.1 Å². The second-order valence-corrected chi connectivity index (χ2v) is 5.04. The van der Waals surface area contributed by atoms with Gasteiger partial charge in [-0.25, -0.2) is 0 Å². The molecule has 19 heavy (non-hydrogen) atoms. The van der Waals surface area contributed by atoms with Gasteiger partial charge < -0.3 is 10.0 Å². The van der Waals surface area contributed by atoms with E-state index in [-0.39, 0.29) is 6.10 Å². The number of alkyl halides is 3. The number of rotatable bonds is 4. The molecule has 1 N–H and O–H groups in total. The molecule has 0 saturated carbocycles. The first-order valence-electron chi connectivity index (χ1n) is 6.52. The van der Waals surface area contributed by atoms with Gasteiger partial charge in [-0.05, 0) is 43.5 Å². The largest absolute Gasteiger partial charge is 0.416 e. The third kappa shape index (κ3) is 4.21. The Labute approximate surface area is 110 Å². The number of aliphatic hydroxyl groups is 1. The summed E-state index contributed by atoms with van der Waals surface area (Å²) in [6.45, 7) is 2.51. The van der Waals surface area contributed by atoms with Crippen molar-refractivity contribution in [1.29, 1.82) is 0 Å². The van der Waals surface area contributed by atoms with Gasteiger partial charge in [0.1, 0.15) is 0 Å². The Bertz CT molecular complexity index is 402. The summed E-state index contributed by atoms with van der Waals surface area (Å²) in [5.74, 6) is 0. The summed E-state index contributed by atoms with van der Waals surface area (Å²) in [5.41, 5.74) is 0.326. The van der Waals surface area contributed by atoms with Crippen molar-refractivity contribution in [3.05, 3.63) is 35.4 Å².